The van der Waals surface area contributed by atoms with Crippen molar-refractivity contribution < 1.29 is 51.0 Å². The summed E-state index contributed by atoms with van der Waals surface area (Å²) in [5.74, 6) is -3.05. The number of likely N-dealkylation sites (tertiary alicyclic amines) is 1. The molecule has 3 aromatic carbocycles. The molecule has 21 heteroatoms. The van der Waals surface area contributed by atoms with Crippen LogP contribution in [0.3, 0.4) is 0 Å². The van der Waals surface area contributed by atoms with Gasteiger partial charge in [0.05, 0.1) is 70.8 Å². The molecule has 0 radical (unpaired) electrons. The molecule has 7 rings (SSSR count). The predicted molar refractivity (Wildman–Crippen MR) is 270 cm³/mol. The summed E-state index contributed by atoms with van der Waals surface area (Å²) in [6.07, 6.45) is -2.57. The topological polar surface area (TPSA) is 179 Å². The third-order valence-corrected chi connectivity index (χ3v) is 13.7. The number of halogens is 4. The Bertz CT molecular complexity index is 2880. The first-order valence-electron chi connectivity index (χ1n) is 23.3. The van der Waals surface area contributed by atoms with E-state index in [0.29, 0.717) is 48.0 Å². The first-order valence-corrected chi connectivity index (χ1v) is 24.6. The lowest BCUT2D eigenvalue weighted by Gasteiger charge is -2.35. The van der Waals surface area contributed by atoms with Gasteiger partial charge in [-0.3, -0.25) is 29.1 Å². The number of hydrogen-bond donors (Lipinski definition) is 2. The number of nitrogens with zero attached hydrogens (tertiary/aromatic N) is 6. The minimum absolute atomic E-state index is 0.109. The Morgan fingerprint density at radius 2 is 1.63 bits per heavy atom. The molecule has 2 aliphatic heterocycles. The van der Waals surface area contributed by atoms with Crippen LogP contribution in [-0.4, -0.2) is 101 Å². The third kappa shape index (κ3) is 12.2. The lowest BCUT2D eigenvalue weighted by Crippen LogP contribution is -2.58. The number of carbonyl (C=O) groups excluding carboxylic acids is 4. The van der Waals surface area contributed by atoms with Crippen LogP contribution in [0.15, 0.2) is 84.5 Å². The highest BCUT2D eigenvalue weighted by Crippen LogP contribution is 2.42. The minimum Gasteiger partial charge on any atom is -0.491 e. The summed E-state index contributed by atoms with van der Waals surface area (Å²) < 4.78 is 73.7. The number of thiazole rings is 1. The van der Waals surface area contributed by atoms with E-state index in [2.05, 4.69) is 20.6 Å². The van der Waals surface area contributed by atoms with Crippen LogP contribution < -0.4 is 25.2 Å². The van der Waals surface area contributed by atoms with Crippen molar-refractivity contribution in [2.45, 2.75) is 84.7 Å². The lowest BCUT2D eigenvalue weighted by atomic mass is 9.85. The average molecular weight is 1040 g/mol. The number of alkyl halides is 3. The molecule has 0 aliphatic carbocycles. The molecule has 2 saturated heterocycles. The number of amides is 4. The molecular formula is C52H54F4N8O7S2. The quantitative estimate of drug-likeness (QED) is 0.0487. The van der Waals surface area contributed by atoms with Crippen molar-refractivity contribution in [3.05, 3.63) is 113 Å². The summed E-state index contributed by atoms with van der Waals surface area (Å²) in [5.41, 5.74) is 0.838. The summed E-state index contributed by atoms with van der Waals surface area (Å²) in [4.78, 5) is 67.5. The molecule has 73 heavy (non-hydrogen) atoms. The van der Waals surface area contributed by atoms with Crippen LogP contribution in [0.5, 0.6) is 5.75 Å². The molecule has 0 spiro atoms. The van der Waals surface area contributed by atoms with Gasteiger partial charge in [0, 0.05) is 18.7 Å². The fourth-order valence-corrected chi connectivity index (χ4v) is 9.87. The molecule has 0 bridgehead atoms. The molecule has 2 atom stereocenters. The molecule has 4 heterocycles. The van der Waals surface area contributed by atoms with Crippen LogP contribution in [0.4, 0.5) is 28.9 Å². The van der Waals surface area contributed by atoms with Crippen molar-refractivity contribution in [2.75, 3.05) is 49.4 Å². The van der Waals surface area contributed by atoms with E-state index in [0.717, 1.165) is 39.4 Å². The zero-order chi connectivity index (χ0) is 52.8. The fourth-order valence-electron chi connectivity index (χ4n) is 8.54. The molecule has 5 aromatic rings. The fraction of sp³-hybridized carbons (Fsp3) is 0.385. The SMILES string of the molecule is Cc1ncsc1-c1ccc(CNC(=O)C2CCCN2C(=O)C(NC(=O)COCCOCCOc2ccc(-c3ccc(N4C(=S)N(c5ccc(C#N)c(C(F)(F)F)c5F)C(=O)C4(C)C)cn3)cc2)C(C)(C)C)cc1. The number of nitrogens with one attached hydrogen (secondary N) is 2. The van der Waals surface area contributed by atoms with Gasteiger partial charge >= 0.3 is 6.18 Å². The molecule has 2 unspecified atom stereocenters. The highest BCUT2D eigenvalue weighted by molar-refractivity contribution is 7.81. The van der Waals surface area contributed by atoms with Gasteiger partial charge in [-0.25, -0.2) is 9.37 Å². The first-order chi connectivity index (χ1) is 34.6. The lowest BCUT2D eigenvalue weighted by molar-refractivity contribution is -0.144. The summed E-state index contributed by atoms with van der Waals surface area (Å²) in [7, 11) is 0. The minimum atomic E-state index is -5.20. The third-order valence-electron chi connectivity index (χ3n) is 12.4. The molecule has 384 valence electrons. The number of carbonyl (C=O) groups is 4. The van der Waals surface area contributed by atoms with Crippen molar-refractivity contribution in [1.29, 1.82) is 5.26 Å². The van der Waals surface area contributed by atoms with Crippen LogP contribution >= 0.6 is 23.6 Å². The van der Waals surface area contributed by atoms with Crippen molar-refractivity contribution >= 4 is 63.7 Å². The zero-order valence-electron chi connectivity index (χ0n) is 41.0. The second-order valence-corrected chi connectivity index (χ2v) is 20.1. The van der Waals surface area contributed by atoms with Gasteiger partial charge in [0.25, 0.3) is 5.91 Å². The normalized spacial score (nSPS) is 16.1. The van der Waals surface area contributed by atoms with E-state index in [1.165, 1.54) is 31.0 Å². The largest absolute Gasteiger partial charge is 0.491 e. The molecule has 15 nitrogen and oxygen atoms in total. The van der Waals surface area contributed by atoms with E-state index < -0.39 is 63.7 Å². The highest BCUT2D eigenvalue weighted by Gasteiger charge is 2.52. The molecule has 2 fully saturated rings. The number of aryl methyl sites for hydroxylation is 1. The van der Waals surface area contributed by atoms with Crippen LogP contribution in [0.25, 0.3) is 21.7 Å². The number of rotatable bonds is 18. The molecule has 4 amide bonds. The average Bonchev–Trinajstić information content (AvgIpc) is 4.06. The Hall–Kier alpha value is -6.86. The molecule has 2 aromatic heterocycles. The number of benzene rings is 3. The molecule has 2 N–H and O–H groups in total. The smallest absolute Gasteiger partial charge is 0.420 e. The Kier molecular flexibility index (Phi) is 16.6. The Morgan fingerprint density at radius 1 is 0.945 bits per heavy atom. The van der Waals surface area contributed by atoms with E-state index in [4.69, 9.17) is 26.4 Å². The number of ether oxygens (including phenoxy) is 3. The van der Waals surface area contributed by atoms with E-state index in [1.54, 1.807) is 52.6 Å². The first kappa shape index (κ1) is 53.9. The molecular weight excluding hydrogens is 989 g/mol. The van der Waals surface area contributed by atoms with Crippen LogP contribution in [0, 0.1) is 29.5 Å². The Morgan fingerprint density at radius 3 is 2.26 bits per heavy atom. The number of aromatic nitrogens is 2. The number of pyridine rings is 1. The van der Waals surface area contributed by atoms with Crippen LogP contribution in [0.2, 0.25) is 0 Å². The number of thiocarbonyl (C=S) groups is 1. The van der Waals surface area contributed by atoms with Gasteiger partial charge in [0.1, 0.15) is 42.1 Å². The summed E-state index contributed by atoms with van der Waals surface area (Å²) >= 11 is 7.11. The highest BCUT2D eigenvalue weighted by atomic mass is 32.1. The number of hydrogen-bond acceptors (Lipinski definition) is 12. The van der Waals surface area contributed by atoms with Crippen molar-refractivity contribution in [3.63, 3.8) is 0 Å². The monoisotopic (exact) mass is 1040 g/mol. The van der Waals surface area contributed by atoms with E-state index >= 15 is 4.39 Å². The molecule has 2 aliphatic rings. The second kappa shape index (κ2) is 22.5. The van der Waals surface area contributed by atoms with Gasteiger partial charge < -0.3 is 34.6 Å². The number of anilines is 2. The maximum Gasteiger partial charge on any atom is 0.420 e. The van der Waals surface area contributed by atoms with E-state index in [9.17, 15) is 37.6 Å². The van der Waals surface area contributed by atoms with Gasteiger partial charge in [0.2, 0.25) is 17.7 Å². The Balaban J connectivity index is 0.822. The van der Waals surface area contributed by atoms with Gasteiger partial charge in [-0.15, -0.1) is 11.3 Å². The van der Waals surface area contributed by atoms with Gasteiger partial charge in [-0.05, 0) is 111 Å². The van der Waals surface area contributed by atoms with Crippen LogP contribution in [-0.2, 0) is 41.4 Å². The summed E-state index contributed by atoms with van der Waals surface area (Å²) in [5, 5.41) is 14.7. The van der Waals surface area contributed by atoms with Crippen molar-refractivity contribution in [1.82, 2.24) is 25.5 Å². The maximum absolute atomic E-state index is 15.4. The van der Waals surface area contributed by atoms with E-state index in [1.807, 2.05) is 57.5 Å². The maximum atomic E-state index is 15.4. The van der Waals surface area contributed by atoms with Gasteiger partial charge in [0.15, 0.2) is 10.9 Å². The van der Waals surface area contributed by atoms with Crippen LogP contribution in [0.1, 0.15) is 69.8 Å². The van der Waals surface area contributed by atoms with Crippen molar-refractivity contribution in [2.24, 2.45) is 5.41 Å². The zero-order valence-corrected chi connectivity index (χ0v) is 42.6. The predicted octanol–water partition coefficient (Wildman–Crippen LogP) is 8.38. The standard InChI is InChI=1S/C52H54F4N8O7S2/c1-31-44(73-30-60-31)34-11-9-32(10-12-34)27-59-46(66)40-8-7-21-62(40)47(67)45(50(2,3)4)61-41(65)29-70-23-22-69-24-25-71-37-17-13-33(14-18-37)38-19-16-36(28-58-38)64-49(72)63(48(68)51(64,5)6)39-20-15-35(26-57)42(43(39)53)52(54,55)56/h9-20,28,30,40,45H,7-8,21-25,27,29H2,1-6H3,(H,59,66)(H,61,65). The summed E-state index contributed by atoms with van der Waals surface area (Å²) in [6, 6.07) is 19.8. The second-order valence-electron chi connectivity index (χ2n) is 18.9. The van der Waals surface area contributed by atoms with Gasteiger partial charge in [-0.2, -0.15) is 18.4 Å². The number of nitriles is 1. The van der Waals surface area contributed by atoms with E-state index in [-0.39, 0.29) is 50.0 Å². The molecule has 0 saturated carbocycles. The Labute approximate surface area is 429 Å². The van der Waals surface area contributed by atoms with Gasteiger partial charge in [-0.1, -0.05) is 45.0 Å². The van der Waals surface area contributed by atoms with Crippen molar-refractivity contribution in [3.8, 4) is 33.5 Å². The summed E-state index contributed by atoms with van der Waals surface area (Å²) in [6.45, 7) is 11.7.